The summed E-state index contributed by atoms with van der Waals surface area (Å²) in [5.41, 5.74) is 9.81. The van der Waals surface area contributed by atoms with Crippen molar-refractivity contribution in [1.29, 1.82) is 0 Å². The zero-order chi connectivity index (χ0) is 18.1. The molecule has 5 heteroatoms. The molecule has 26 heavy (non-hydrogen) atoms. The van der Waals surface area contributed by atoms with E-state index in [0.29, 0.717) is 17.1 Å². The predicted molar refractivity (Wildman–Crippen MR) is 104 cm³/mol. The van der Waals surface area contributed by atoms with Crippen molar-refractivity contribution in [2.75, 3.05) is 0 Å². The molecule has 4 nitrogen and oxygen atoms in total. The van der Waals surface area contributed by atoms with Gasteiger partial charge in [0.2, 0.25) is 0 Å². The molecule has 0 bridgehead atoms. The number of rotatable bonds is 4. The molecule has 4 rings (SSSR count). The molecule has 0 aliphatic rings. The van der Waals surface area contributed by atoms with E-state index in [1.807, 2.05) is 53.4 Å². The number of benzene rings is 2. The van der Waals surface area contributed by atoms with Gasteiger partial charge in [-0.2, -0.15) is 0 Å². The summed E-state index contributed by atoms with van der Waals surface area (Å²) >= 11 is 6.08. The van der Waals surface area contributed by atoms with Crippen molar-refractivity contribution in [3.05, 3.63) is 89.3 Å². The SMILES string of the molecule is NC(=O)c1cc(Cl)cc2ccn(Cc3ccc(-c4ccccc4)cn3)c12. The Bertz CT molecular complexity index is 1090. The van der Waals surface area contributed by atoms with Gasteiger partial charge >= 0.3 is 0 Å². The average Bonchev–Trinajstić information content (AvgIpc) is 3.04. The Labute approximate surface area is 155 Å². The van der Waals surface area contributed by atoms with Crippen LogP contribution >= 0.6 is 11.6 Å². The number of hydrogen-bond acceptors (Lipinski definition) is 2. The molecular formula is C21H16ClN3O. The normalized spacial score (nSPS) is 11.0. The van der Waals surface area contributed by atoms with E-state index in [9.17, 15) is 4.79 Å². The van der Waals surface area contributed by atoms with Gasteiger partial charge in [-0.1, -0.05) is 48.0 Å². The van der Waals surface area contributed by atoms with Crippen molar-refractivity contribution in [3.8, 4) is 11.1 Å². The van der Waals surface area contributed by atoms with E-state index >= 15 is 0 Å². The van der Waals surface area contributed by atoms with Gasteiger partial charge < -0.3 is 10.3 Å². The number of hydrogen-bond donors (Lipinski definition) is 1. The van der Waals surface area contributed by atoms with Gasteiger partial charge in [0.1, 0.15) is 0 Å². The Balaban J connectivity index is 1.69. The summed E-state index contributed by atoms with van der Waals surface area (Å²) in [4.78, 5) is 16.4. The number of fused-ring (bicyclic) bond motifs is 1. The number of carbonyl (C=O) groups excluding carboxylic acids is 1. The summed E-state index contributed by atoms with van der Waals surface area (Å²) in [7, 11) is 0. The maximum atomic E-state index is 11.8. The summed E-state index contributed by atoms with van der Waals surface area (Å²) in [6, 6.07) is 19.5. The van der Waals surface area contributed by atoms with Gasteiger partial charge in [-0.15, -0.1) is 0 Å². The van der Waals surface area contributed by atoms with Crippen LogP contribution in [0.3, 0.4) is 0 Å². The lowest BCUT2D eigenvalue weighted by molar-refractivity contribution is 0.100. The molecule has 128 valence electrons. The fraction of sp³-hybridized carbons (Fsp3) is 0.0476. The summed E-state index contributed by atoms with van der Waals surface area (Å²) in [6.45, 7) is 0.542. The molecule has 0 atom stereocenters. The maximum Gasteiger partial charge on any atom is 0.250 e. The van der Waals surface area contributed by atoms with E-state index in [1.54, 1.807) is 6.07 Å². The summed E-state index contributed by atoms with van der Waals surface area (Å²) in [5, 5.41) is 1.38. The van der Waals surface area contributed by atoms with Crippen molar-refractivity contribution in [1.82, 2.24) is 9.55 Å². The first-order chi connectivity index (χ1) is 12.6. The van der Waals surface area contributed by atoms with Crippen LogP contribution in [0.5, 0.6) is 0 Å². The second kappa shape index (κ2) is 6.65. The molecule has 0 aliphatic heterocycles. The first-order valence-electron chi connectivity index (χ1n) is 8.20. The van der Waals surface area contributed by atoms with E-state index in [-0.39, 0.29) is 0 Å². The van der Waals surface area contributed by atoms with Gasteiger partial charge in [0, 0.05) is 28.4 Å². The average molecular weight is 362 g/mol. The van der Waals surface area contributed by atoms with E-state index < -0.39 is 5.91 Å². The third kappa shape index (κ3) is 3.07. The van der Waals surface area contributed by atoms with Crippen molar-refractivity contribution < 1.29 is 4.79 Å². The maximum absolute atomic E-state index is 11.8. The fourth-order valence-corrected chi connectivity index (χ4v) is 3.35. The van der Waals surface area contributed by atoms with Crippen LogP contribution in [0.2, 0.25) is 5.02 Å². The molecular weight excluding hydrogens is 346 g/mol. The zero-order valence-corrected chi connectivity index (χ0v) is 14.6. The third-order valence-corrected chi connectivity index (χ3v) is 4.57. The van der Waals surface area contributed by atoms with E-state index in [2.05, 4.69) is 23.2 Å². The molecule has 2 aromatic carbocycles. The van der Waals surface area contributed by atoms with Crippen LogP contribution < -0.4 is 5.73 Å². The van der Waals surface area contributed by atoms with Gasteiger partial charge in [-0.25, -0.2) is 0 Å². The van der Waals surface area contributed by atoms with Gasteiger partial charge in [0.15, 0.2) is 0 Å². The van der Waals surface area contributed by atoms with Crippen LogP contribution in [0.4, 0.5) is 0 Å². The number of nitrogens with two attached hydrogens (primary N) is 1. The number of halogens is 1. The highest BCUT2D eigenvalue weighted by atomic mass is 35.5. The highest BCUT2D eigenvalue weighted by Crippen LogP contribution is 2.26. The highest BCUT2D eigenvalue weighted by Gasteiger charge is 2.13. The molecule has 0 aliphatic carbocycles. The Morgan fingerprint density at radius 2 is 1.85 bits per heavy atom. The van der Waals surface area contributed by atoms with E-state index in [1.165, 1.54) is 0 Å². The molecule has 0 fully saturated rings. The molecule has 0 saturated carbocycles. The molecule has 0 saturated heterocycles. The number of aromatic nitrogens is 2. The number of primary amides is 1. The Morgan fingerprint density at radius 1 is 1.04 bits per heavy atom. The Kier molecular flexibility index (Phi) is 4.19. The molecule has 2 heterocycles. The first kappa shape index (κ1) is 16.4. The topological polar surface area (TPSA) is 60.9 Å². The lowest BCUT2D eigenvalue weighted by Gasteiger charge is -2.09. The van der Waals surface area contributed by atoms with Crippen molar-refractivity contribution >= 4 is 28.4 Å². The molecule has 2 aromatic heterocycles. The molecule has 4 aromatic rings. The summed E-state index contributed by atoms with van der Waals surface area (Å²) < 4.78 is 1.97. The lowest BCUT2D eigenvalue weighted by Crippen LogP contribution is -2.13. The number of pyridine rings is 1. The molecule has 2 N–H and O–H groups in total. The van der Waals surface area contributed by atoms with Crippen LogP contribution in [-0.2, 0) is 6.54 Å². The Morgan fingerprint density at radius 3 is 2.54 bits per heavy atom. The van der Waals surface area contributed by atoms with E-state index in [0.717, 1.165) is 27.7 Å². The van der Waals surface area contributed by atoms with Gasteiger partial charge in [-0.3, -0.25) is 9.78 Å². The zero-order valence-electron chi connectivity index (χ0n) is 13.9. The fourth-order valence-electron chi connectivity index (χ4n) is 3.13. The lowest BCUT2D eigenvalue weighted by atomic mass is 10.1. The minimum absolute atomic E-state index is 0.415. The first-order valence-corrected chi connectivity index (χ1v) is 8.58. The number of carbonyl (C=O) groups is 1. The van der Waals surface area contributed by atoms with E-state index in [4.69, 9.17) is 17.3 Å². The van der Waals surface area contributed by atoms with Gasteiger partial charge in [-0.05, 0) is 29.8 Å². The monoisotopic (exact) mass is 361 g/mol. The largest absolute Gasteiger partial charge is 0.366 e. The molecule has 0 radical (unpaired) electrons. The molecule has 0 spiro atoms. The second-order valence-electron chi connectivity index (χ2n) is 6.10. The number of amides is 1. The Hall–Kier alpha value is -3.11. The van der Waals surface area contributed by atoms with Crippen LogP contribution in [0, 0.1) is 0 Å². The van der Waals surface area contributed by atoms with Crippen LogP contribution in [0.25, 0.3) is 22.0 Å². The van der Waals surface area contributed by atoms with Gasteiger partial charge in [0.05, 0.1) is 23.3 Å². The van der Waals surface area contributed by atoms with Crippen molar-refractivity contribution in [3.63, 3.8) is 0 Å². The van der Waals surface area contributed by atoms with Crippen LogP contribution in [0.15, 0.2) is 73.1 Å². The van der Waals surface area contributed by atoms with Crippen molar-refractivity contribution in [2.24, 2.45) is 5.73 Å². The molecule has 0 unspecified atom stereocenters. The van der Waals surface area contributed by atoms with Crippen LogP contribution in [-0.4, -0.2) is 15.5 Å². The minimum Gasteiger partial charge on any atom is -0.366 e. The minimum atomic E-state index is -0.496. The smallest absolute Gasteiger partial charge is 0.250 e. The summed E-state index contributed by atoms with van der Waals surface area (Å²) in [6.07, 6.45) is 3.78. The third-order valence-electron chi connectivity index (χ3n) is 4.36. The van der Waals surface area contributed by atoms with Crippen molar-refractivity contribution in [2.45, 2.75) is 6.54 Å². The second-order valence-corrected chi connectivity index (χ2v) is 6.54. The molecule has 1 amide bonds. The predicted octanol–water partition coefficient (Wildman–Crippen LogP) is 4.50. The summed E-state index contributed by atoms with van der Waals surface area (Å²) in [5.74, 6) is -0.496. The standard InChI is InChI=1S/C21H16ClN3O/c22-17-10-15-8-9-25(20(15)19(11-17)21(23)26)13-18-7-6-16(12-24-18)14-4-2-1-3-5-14/h1-12H,13H2,(H2,23,26). The number of nitrogens with zero attached hydrogens (tertiary/aromatic N) is 2. The quantitative estimate of drug-likeness (QED) is 0.581. The highest BCUT2D eigenvalue weighted by molar-refractivity contribution is 6.32. The van der Waals surface area contributed by atoms with Crippen LogP contribution in [0.1, 0.15) is 16.1 Å². The van der Waals surface area contributed by atoms with Gasteiger partial charge in [0.25, 0.3) is 5.91 Å².